The monoisotopic (exact) mass is 212 g/mol. The Morgan fingerprint density at radius 2 is 2.20 bits per heavy atom. The van der Waals surface area contributed by atoms with Crippen molar-refractivity contribution in [3.05, 3.63) is 24.5 Å². The number of hydrogen-bond donors (Lipinski definition) is 0. The van der Waals surface area contributed by atoms with Crippen molar-refractivity contribution in [1.29, 1.82) is 0 Å². The van der Waals surface area contributed by atoms with Crippen molar-refractivity contribution in [2.45, 2.75) is 26.7 Å². The van der Waals surface area contributed by atoms with Gasteiger partial charge in [-0.1, -0.05) is 12.7 Å². The van der Waals surface area contributed by atoms with E-state index in [1.54, 1.807) is 0 Å². The Morgan fingerprint density at radius 3 is 2.40 bits per heavy atom. The lowest BCUT2D eigenvalue weighted by atomic mass is 10.00. The van der Waals surface area contributed by atoms with Crippen LogP contribution in [0.4, 0.5) is 0 Å². The number of esters is 2. The van der Waals surface area contributed by atoms with Crippen LogP contribution in [-0.2, 0) is 19.1 Å². The molecule has 0 saturated heterocycles. The molecule has 0 fully saturated rings. The Hall–Kier alpha value is -1.58. The predicted octanol–water partition coefficient (Wildman–Crippen LogP) is 1.96. The lowest BCUT2D eigenvalue weighted by Crippen LogP contribution is -2.11. The molecule has 0 aromatic rings. The highest BCUT2D eigenvalue weighted by molar-refractivity contribution is 5.89. The number of rotatable bonds is 3. The van der Waals surface area contributed by atoms with E-state index in [-0.39, 0.29) is 11.9 Å². The normalized spacial score (nSPS) is 12.3. The van der Waals surface area contributed by atoms with Crippen LogP contribution >= 0.6 is 0 Å². The van der Waals surface area contributed by atoms with Gasteiger partial charge in [0, 0.05) is 12.5 Å². The zero-order chi connectivity index (χ0) is 11.7. The van der Waals surface area contributed by atoms with Gasteiger partial charge >= 0.3 is 11.9 Å². The second-order valence-electron chi connectivity index (χ2n) is 2.76. The van der Waals surface area contributed by atoms with Gasteiger partial charge in [0.15, 0.2) is 0 Å². The van der Waals surface area contributed by atoms with Crippen LogP contribution in [-0.4, -0.2) is 18.5 Å². The van der Waals surface area contributed by atoms with E-state index in [0.717, 1.165) is 24.7 Å². The maximum atomic E-state index is 10.7. The maximum absolute atomic E-state index is 10.7. The molecule has 0 aromatic carbocycles. The first-order valence-electron chi connectivity index (χ1n) is 4.76. The molecule has 0 amide bonds. The van der Waals surface area contributed by atoms with E-state index >= 15 is 0 Å². The maximum Gasteiger partial charge on any atom is 0.333 e. The molecule has 0 radical (unpaired) electrons. The number of ether oxygens (including phenoxy) is 2. The largest absolute Gasteiger partial charge is 0.463 e. The first-order valence-corrected chi connectivity index (χ1v) is 4.76. The van der Waals surface area contributed by atoms with Crippen LogP contribution in [0.1, 0.15) is 26.7 Å². The molecule has 15 heavy (non-hydrogen) atoms. The molecule has 0 aromatic heterocycles. The highest BCUT2D eigenvalue weighted by Crippen LogP contribution is 2.18. The number of carbonyl (C=O) groups is 2. The Kier molecular flexibility index (Phi) is 6.97. The van der Waals surface area contributed by atoms with Crippen LogP contribution in [0.5, 0.6) is 0 Å². The topological polar surface area (TPSA) is 52.6 Å². The molecule has 0 saturated carbocycles. The lowest BCUT2D eigenvalue weighted by molar-refractivity contribution is -0.139. The molecule has 0 N–H and O–H groups in total. The molecule has 84 valence electrons. The summed E-state index contributed by atoms with van der Waals surface area (Å²) in [5.41, 5.74) is 0.844. The number of allylic oxidation sites excluding steroid dienone is 1. The average Bonchev–Trinajstić information content (AvgIpc) is 2.01. The SMILES string of the molecule is C=COC(C)=O.CCOC(=O)C1=CCC1. The fraction of sp³-hybridized carbons (Fsp3) is 0.455. The molecular formula is C11H16O4. The Bertz CT molecular complexity index is 266. The molecule has 1 aliphatic rings. The molecule has 0 atom stereocenters. The van der Waals surface area contributed by atoms with Crippen molar-refractivity contribution in [2.24, 2.45) is 0 Å². The summed E-state index contributed by atoms with van der Waals surface area (Å²) in [7, 11) is 0. The molecule has 0 spiro atoms. The third kappa shape index (κ3) is 6.49. The lowest BCUT2D eigenvalue weighted by Gasteiger charge is -2.11. The summed E-state index contributed by atoms with van der Waals surface area (Å²) in [5.74, 6) is -0.464. The smallest absolute Gasteiger partial charge is 0.333 e. The highest BCUT2D eigenvalue weighted by atomic mass is 16.5. The molecule has 4 heteroatoms. The van der Waals surface area contributed by atoms with E-state index in [1.807, 2.05) is 13.0 Å². The van der Waals surface area contributed by atoms with Gasteiger partial charge in [0.25, 0.3) is 0 Å². The first kappa shape index (κ1) is 13.4. The molecule has 4 nitrogen and oxygen atoms in total. The Balaban J connectivity index is 0.000000288. The number of carbonyl (C=O) groups excluding carboxylic acids is 2. The van der Waals surface area contributed by atoms with E-state index in [4.69, 9.17) is 4.74 Å². The molecule has 1 aliphatic carbocycles. The summed E-state index contributed by atoms with van der Waals surface area (Å²) in [6.07, 6.45) is 4.95. The van der Waals surface area contributed by atoms with Crippen molar-refractivity contribution in [3.8, 4) is 0 Å². The number of hydrogen-bond acceptors (Lipinski definition) is 4. The van der Waals surface area contributed by atoms with E-state index in [2.05, 4.69) is 11.3 Å². The minimum absolute atomic E-state index is 0.135. The molecular weight excluding hydrogens is 196 g/mol. The van der Waals surface area contributed by atoms with Gasteiger partial charge in [0.1, 0.15) is 0 Å². The van der Waals surface area contributed by atoms with Crippen LogP contribution < -0.4 is 0 Å². The van der Waals surface area contributed by atoms with Crippen LogP contribution in [0.15, 0.2) is 24.5 Å². The zero-order valence-electron chi connectivity index (χ0n) is 9.12. The van der Waals surface area contributed by atoms with Gasteiger partial charge in [-0.25, -0.2) is 4.79 Å². The third-order valence-electron chi connectivity index (χ3n) is 1.59. The van der Waals surface area contributed by atoms with E-state index < -0.39 is 0 Å². The summed E-state index contributed by atoms with van der Waals surface area (Å²) in [6, 6.07) is 0. The van der Waals surface area contributed by atoms with E-state index in [9.17, 15) is 9.59 Å². The summed E-state index contributed by atoms with van der Waals surface area (Å²) < 4.78 is 8.91. The fourth-order valence-electron chi connectivity index (χ4n) is 0.815. The van der Waals surface area contributed by atoms with Crippen molar-refractivity contribution in [3.63, 3.8) is 0 Å². The summed E-state index contributed by atoms with van der Waals surface area (Å²) in [6.45, 7) is 6.78. The minimum Gasteiger partial charge on any atom is -0.463 e. The second-order valence-corrected chi connectivity index (χ2v) is 2.76. The van der Waals surface area contributed by atoms with Gasteiger partial charge < -0.3 is 9.47 Å². The third-order valence-corrected chi connectivity index (χ3v) is 1.59. The Morgan fingerprint density at radius 1 is 1.60 bits per heavy atom. The molecule has 1 rings (SSSR count). The van der Waals surface area contributed by atoms with Crippen molar-refractivity contribution in [2.75, 3.05) is 6.61 Å². The molecule has 0 bridgehead atoms. The van der Waals surface area contributed by atoms with Crippen LogP contribution in [0.2, 0.25) is 0 Å². The van der Waals surface area contributed by atoms with Crippen molar-refractivity contribution >= 4 is 11.9 Å². The molecule has 0 heterocycles. The van der Waals surface area contributed by atoms with Gasteiger partial charge in [0.05, 0.1) is 12.9 Å². The van der Waals surface area contributed by atoms with Crippen molar-refractivity contribution < 1.29 is 19.1 Å². The van der Waals surface area contributed by atoms with Crippen LogP contribution in [0.3, 0.4) is 0 Å². The van der Waals surface area contributed by atoms with Gasteiger partial charge in [-0.15, -0.1) is 0 Å². The first-order chi connectivity index (χ1) is 7.11. The minimum atomic E-state index is -0.329. The summed E-state index contributed by atoms with van der Waals surface area (Å²) in [4.78, 5) is 20.5. The quantitative estimate of drug-likeness (QED) is 0.530. The molecule has 0 aliphatic heterocycles. The fourth-order valence-corrected chi connectivity index (χ4v) is 0.815. The molecule has 0 unspecified atom stereocenters. The van der Waals surface area contributed by atoms with Gasteiger partial charge in [0.2, 0.25) is 0 Å². The zero-order valence-corrected chi connectivity index (χ0v) is 9.12. The van der Waals surface area contributed by atoms with Gasteiger partial charge in [-0.2, -0.15) is 0 Å². The standard InChI is InChI=1S/C7H10O2.C4H6O2/c1-2-9-7(8)6-4-3-5-6;1-3-6-4(2)5/h4H,2-3,5H2,1H3;3H,1H2,2H3. The Labute approximate surface area is 89.6 Å². The highest BCUT2D eigenvalue weighted by Gasteiger charge is 2.14. The predicted molar refractivity (Wildman–Crippen MR) is 55.9 cm³/mol. The average molecular weight is 212 g/mol. The van der Waals surface area contributed by atoms with Gasteiger partial charge in [-0.3, -0.25) is 4.79 Å². The van der Waals surface area contributed by atoms with Gasteiger partial charge in [-0.05, 0) is 19.8 Å². The second kappa shape index (κ2) is 7.79. The van der Waals surface area contributed by atoms with E-state index in [1.165, 1.54) is 6.92 Å². The summed E-state index contributed by atoms with van der Waals surface area (Å²) >= 11 is 0. The summed E-state index contributed by atoms with van der Waals surface area (Å²) in [5, 5.41) is 0. The van der Waals surface area contributed by atoms with E-state index in [0.29, 0.717) is 6.61 Å². The van der Waals surface area contributed by atoms with Crippen LogP contribution in [0, 0.1) is 0 Å². The van der Waals surface area contributed by atoms with Crippen LogP contribution in [0.25, 0.3) is 0 Å². The van der Waals surface area contributed by atoms with Crippen molar-refractivity contribution in [1.82, 2.24) is 0 Å².